The summed E-state index contributed by atoms with van der Waals surface area (Å²) in [4.78, 5) is 0. The summed E-state index contributed by atoms with van der Waals surface area (Å²) in [5, 5.41) is 0. The van der Waals surface area contributed by atoms with Gasteiger partial charge in [-0.1, -0.05) is 30.3 Å². The van der Waals surface area contributed by atoms with Gasteiger partial charge in [0.2, 0.25) is 0 Å². The maximum absolute atomic E-state index is 11.3. The maximum Gasteiger partial charge on any atom is 0.152 e. The van der Waals surface area contributed by atoms with Crippen LogP contribution in [0.15, 0.2) is 30.3 Å². The van der Waals surface area contributed by atoms with E-state index in [4.69, 9.17) is 5.73 Å². The summed E-state index contributed by atoms with van der Waals surface area (Å²) >= 11 is 0. The summed E-state index contributed by atoms with van der Waals surface area (Å²) in [5.41, 5.74) is 6.84. The fourth-order valence-corrected chi connectivity index (χ4v) is 3.86. The summed E-state index contributed by atoms with van der Waals surface area (Å²) in [6, 6.07) is 9.36. The minimum atomic E-state index is -2.92. The fourth-order valence-electron chi connectivity index (χ4n) is 1.92. The molecule has 0 bridgehead atoms. The predicted octanol–water partition coefficient (Wildman–Crippen LogP) is 0.526. The zero-order chi connectivity index (χ0) is 10.2. The number of sulfone groups is 1. The molecule has 0 amide bonds. The lowest BCUT2D eigenvalue weighted by atomic mass is 9.95. The van der Waals surface area contributed by atoms with Crippen molar-refractivity contribution in [2.75, 3.05) is 11.5 Å². The highest BCUT2D eigenvalue weighted by atomic mass is 32.2. The third kappa shape index (κ3) is 1.81. The van der Waals surface area contributed by atoms with Crippen LogP contribution in [0.2, 0.25) is 0 Å². The van der Waals surface area contributed by atoms with E-state index in [-0.39, 0.29) is 23.5 Å². The minimum Gasteiger partial charge on any atom is -0.326 e. The summed E-state index contributed by atoms with van der Waals surface area (Å²) in [5.74, 6) is 0.284. The van der Waals surface area contributed by atoms with Gasteiger partial charge in [-0.05, 0) is 5.56 Å². The Morgan fingerprint density at radius 2 is 1.79 bits per heavy atom. The van der Waals surface area contributed by atoms with Gasteiger partial charge >= 0.3 is 0 Å². The zero-order valence-electron chi connectivity index (χ0n) is 7.76. The zero-order valence-corrected chi connectivity index (χ0v) is 8.57. The quantitative estimate of drug-likeness (QED) is 0.737. The number of nitrogens with two attached hydrogens (primary N) is 1. The van der Waals surface area contributed by atoms with Crippen molar-refractivity contribution in [1.82, 2.24) is 0 Å². The first-order valence-corrected chi connectivity index (χ1v) is 6.41. The van der Waals surface area contributed by atoms with E-state index < -0.39 is 9.84 Å². The maximum atomic E-state index is 11.3. The van der Waals surface area contributed by atoms with Crippen LogP contribution in [0.1, 0.15) is 11.5 Å². The smallest absolute Gasteiger partial charge is 0.152 e. The minimum absolute atomic E-state index is 0.0267. The van der Waals surface area contributed by atoms with Gasteiger partial charge in [0, 0.05) is 12.0 Å². The SMILES string of the molecule is N[C@H]1CS(=O)(=O)C[C@@H]1c1ccccc1. The molecule has 76 valence electrons. The molecule has 1 fully saturated rings. The van der Waals surface area contributed by atoms with E-state index in [0.29, 0.717) is 0 Å². The number of rotatable bonds is 1. The van der Waals surface area contributed by atoms with Gasteiger partial charge in [0.05, 0.1) is 11.5 Å². The molecular formula is C10H13NO2S. The third-order valence-corrected chi connectivity index (χ3v) is 4.38. The summed E-state index contributed by atoms with van der Waals surface area (Å²) in [6.45, 7) is 0. The molecule has 4 heteroatoms. The van der Waals surface area contributed by atoms with Crippen molar-refractivity contribution < 1.29 is 8.42 Å². The molecule has 0 aromatic heterocycles. The Bertz CT molecular complexity index is 413. The lowest BCUT2D eigenvalue weighted by molar-refractivity contribution is 0.601. The lowest BCUT2D eigenvalue weighted by Crippen LogP contribution is -2.27. The second kappa shape index (κ2) is 3.37. The van der Waals surface area contributed by atoms with Crippen LogP contribution in [0.5, 0.6) is 0 Å². The van der Waals surface area contributed by atoms with Gasteiger partial charge in [-0.25, -0.2) is 8.42 Å². The van der Waals surface area contributed by atoms with Crippen molar-refractivity contribution >= 4 is 9.84 Å². The fraction of sp³-hybridized carbons (Fsp3) is 0.400. The van der Waals surface area contributed by atoms with Crippen molar-refractivity contribution in [3.63, 3.8) is 0 Å². The molecule has 2 rings (SSSR count). The van der Waals surface area contributed by atoms with Crippen LogP contribution in [-0.4, -0.2) is 26.0 Å². The molecule has 1 aliphatic rings. The molecule has 1 aromatic rings. The van der Waals surface area contributed by atoms with Crippen molar-refractivity contribution in [3.8, 4) is 0 Å². The summed E-state index contributed by atoms with van der Waals surface area (Å²) < 4.78 is 22.7. The standard InChI is InChI=1S/C10H13NO2S/c11-10-7-14(12,13)6-9(10)8-4-2-1-3-5-8/h1-5,9-10H,6-7,11H2/t9-,10+/m1/s1. The van der Waals surface area contributed by atoms with E-state index in [1.54, 1.807) is 0 Å². The van der Waals surface area contributed by atoms with E-state index >= 15 is 0 Å². The number of benzene rings is 1. The highest BCUT2D eigenvalue weighted by Gasteiger charge is 2.35. The molecule has 1 heterocycles. The summed E-state index contributed by atoms with van der Waals surface area (Å²) in [7, 11) is -2.92. The van der Waals surface area contributed by atoms with Crippen LogP contribution in [0, 0.1) is 0 Å². The van der Waals surface area contributed by atoms with Crippen LogP contribution in [-0.2, 0) is 9.84 Å². The van der Waals surface area contributed by atoms with Gasteiger partial charge in [0.15, 0.2) is 9.84 Å². The molecule has 0 spiro atoms. The number of hydrogen-bond acceptors (Lipinski definition) is 3. The van der Waals surface area contributed by atoms with Crippen LogP contribution >= 0.6 is 0 Å². The van der Waals surface area contributed by atoms with Crippen molar-refractivity contribution in [1.29, 1.82) is 0 Å². The largest absolute Gasteiger partial charge is 0.326 e. The second-order valence-electron chi connectivity index (χ2n) is 3.76. The molecule has 2 atom stereocenters. The Balaban J connectivity index is 2.30. The van der Waals surface area contributed by atoms with Crippen LogP contribution in [0.25, 0.3) is 0 Å². The van der Waals surface area contributed by atoms with E-state index in [2.05, 4.69) is 0 Å². The van der Waals surface area contributed by atoms with Crippen molar-refractivity contribution in [3.05, 3.63) is 35.9 Å². The molecule has 14 heavy (non-hydrogen) atoms. The molecule has 0 saturated carbocycles. The van der Waals surface area contributed by atoms with Gasteiger partial charge in [-0.2, -0.15) is 0 Å². The Morgan fingerprint density at radius 1 is 1.14 bits per heavy atom. The van der Waals surface area contributed by atoms with Crippen LogP contribution in [0.3, 0.4) is 0 Å². The highest BCUT2D eigenvalue weighted by molar-refractivity contribution is 7.91. The molecule has 3 nitrogen and oxygen atoms in total. The van der Waals surface area contributed by atoms with E-state index in [1.807, 2.05) is 30.3 Å². The van der Waals surface area contributed by atoms with Gasteiger partial charge in [-0.15, -0.1) is 0 Å². The number of hydrogen-bond donors (Lipinski definition) is 1. The normalized spacial score (nSPS) is 30.4. The van der Waals surface area contributed by atoms with Gasteiger partial charge < -0.3 is 5.73 Å². The molecule has 0 unspecified atom stereocenters. The molecule has 1 aromatic carbocycles. The van der Waals surface area contributed by atoms with Gasteiger partial charge in [0.1, 0.15) is 0 Å². The van der Waals surface area contributed by atoms with E-state index in [1.165, 1.54) is 0 Å². The first-order valence-electron chi connectivity index (χ1n) is 4.59. The second-order valence-corrected chi connectivity index (χ2v) is 5.91. The average molecular weight is 211 g/mol. The Labute approximate surface area is 83.9 Å². The van der Waals surface area contributed by atoms with Crippen LogP contribution < -0.4 is 5.73 Å². The van der Waals surface area contributed by atoms with Crippen LogP contribution in [0.4, 0.5) is 0 Å². The molecule has 0 radical (unpaired) electrons. The molecular weight excluding hydrogens is 198 g/mol. The topological polar surface area (TPSA) is 60.2 Å². The van der Waals surface area contributed by atoms with E-state index in [9.17, 15) is 8.42 Å². The molecule has 1 saturated heterocycles. The summed E-state index contributed by atoms with van der Waals surface area (Å²) in [6.07, 6.45) is 0. The first kappa shape index (κ1) is 9.68. The van der Waals surface area contributed by atoms with Gasteiger partial charge in [0.25, 0.3) is 0 Å². The monoisotopic (exact) mass is 211 g/mol. The molecule has 2 N–H and O–H groups in total. The predicted molar refractivity (Wildman–Crippen MR) is 55.8 cm³/mol. The van der Waals surface area contributed by atoms with Crippen molar-refractivity contribution in [2.24, 2.45) is 5.73 Å². The average Bonchev–Trinajstić information content (AvgIpc) is 2.41. The molecule has 0 aliphatic carbocycles. The lowest BCUT2D eigenvalue weighted by Gasteiger charge is -2.12. The third-order valence-electron chi connectivity index (χ3n) is 2.62. The molecule has 1 aliphatic heterocycles. The Kier molecular flexibility index (Phi) is 2.33. The Hall–Kier alpha value is -0.870. The van der Waals surface area contributed by atoms with Crippen molar-refractivity contribution in [2.45, 2.75) is 12.0 Å². The Morgan fingerprint density at radius 3 is 2.29 bits per heavy atom. The first-order chi connectivity index (χ1) is 6.58. The van der Waals surface area contributed by atoms with E-state index in [0.717, 1.165) is 5.56 Å². The van der Waals surface area contributed by atoms with Gasteiger partial charge in [-0.3, -0.25) is 0 Å². The highest BCUT2D eigenvalue weighted by Crippen LogP contribution is 2.27.